The van der Waals surface area contributed by atoms with Gasteiger partial charge in [-0.25, -0.2) is 17.9 Å². The SMILES string of the molecule is CCC(CC)CNC(=O)c1ccc(S(N)(=O)=O)cc1F. The number of rotatable bonds is 6. The molecule has 1 aromatic rings. The van der Waals surface area contributed by atoms with Crippen LogP contribution in [0.1, 0.15) is 37.0 Å². The summed E-state index contributed by atoms with van der Waals surface area (Å²) in [5, 5.41) is 7.53. The molecule has 0 bridgehead atoms. The standard InChI is InChI=1S/C13H19FN2O3S/c1-3-9(4-2)8-16-13(17)11-6-5-10(7-12(11)14)20(15,18)19/h5-7,9H,3-4,8H2,1-2H3,(H,16,17)(H2,15,18,19). The lowest BCUT2D eigenvalue weighted by Crippen LogP contribution is -2.29. The van der Waals surface area contributed by atoms with Crippen LogP contribution in [0.25, 0.3) is 0 Å². The van der Waals surface area contributed by atoms with E-state index >= 15 is 0 Å². The maximum absolute atomic E-state index is 13.7. The Hall–Kier alpha value is -1.47. The van der Waals surface area contributed by atoms with E-state index in [4.69, 9.17) is 5.14 Å². The molecule has 0 saturated heterocycles. The highest BCUT2D eigenvalue weighted by molar-refractivity contribution is 7.89. The summed E-state index contributed by atoms with van der Waals surface area (Å²) >= 11 is 0. The number of nitrogens with one attached hydrogen (secondary N) is 1. The number of halogens is 1. The molecule has 1 amide bonds. The van der Waals surface area contributed by atoms with Gasteiger partial charge < -0.3 is 5.32 Å². The van der Waals surface area contributed by atoms with Crippen molar-refractivity contribution in [2.24, 2.45) is 11.1 Å². The second-order valence-corrected chi connectivity index (χ2v) is 6.14. The molecule has 5 nitrogen and oxygen atoms in total. The van der Waals surface area contributed by atoms with Crippen LogP contribution >= 0.6 is 0 Å². The summed E-state index contributed by atoms with van der Waals surface area (Å²) in [6.45, 7) is 4.49. The number of sulfonamides is 1. The molecule has 1 aromatic carbocycles. The molecule has 0 heterocycles. The maximum Gasteiger partial charge on any atom is 0.254 e. The van der Waals surface area contributed by atoms with Crippen molar-refractivity contribution in [2.75, 3.05) is 6.54 Å². The molecule has 0 atom stereocenters. The van der Waals surface area contributed by atoms with Crippen molar-refractivity contribution in [1.82, 2.24) is 5.32 Å². The molecule has 0 fully saturated rings. The van der Waals surface area contributed by atoms with Crippen molar-refractivity contribution < 1.29 is 17.6 Å². The summed E-state index contributed by atoms with van der Waals surface area (Å²) in [4.78, 5) is 11.5. The van der Waals surface area contributed by atoms with E-state index in [2.05, 4.69) is 5.32 Å². The smallest absolute Gasteiger partial charge is 0.254 e. The third-order valence-electron chi connectivity index (χ3n) is 3.22. The lowest BCUT2D eigenvalue weighted by molar-refractivity contribution is 0.0942. The average molecular weight is 302 g/mol. The Bertz CT molecular complexity index is 583. The second-order valence-electron chi connectivity index (χ2n) is 4.58. The molecule has 0 spiro atoms. The Kier molecular flexibility index (Phi) is 5.64. The van der Waals surface area contributed by atoms with Gasteiger partial charge in [-0.1, -0.05) is 26.7 Å². The molecule has 1 rings (SSSR count). The Labute approximate surface area is 118 Å². The summed E-state index contributed by atoms with van der Waals surface area (Å²) in [7, 11) is -3.97. The topological polar surface area (TPSA) is 89.3 Å². The number of hydrogen-bond acceptors (Lipinski definition) is 3. The van der Waals surface area contributed by atoms with Crippen LogP contribution in [0.3, 0.4) is 0 Å². The van der Waals surface area contributed by atoms with Crippen molar-refractivity contribution >= 4 is 15.9 Å². The van der Waals surface area contributed by atoms with Gasteiger partial charge in [0.25, 0.3) is 5.91 Å². The first-order valence-corrected chi connectivity index (χ1v) is 7.94. The molecule has 7 heteroatoms. The van der Waals surface area contributed by atoms with Crippen molar-refractivity contribution in [3.63, 3.8) is 0 Å². The first-order chi connectivity index (χ1) is 9.29. The lowest BCUT2D eigenvalue weighted by Gasteiger charge is -2.13. The van der Waals surface area contributed by atoms with Crippen LogP contribution in [0.2, 0.25) is 0 Å². The minimum Gasteiger partial charge on any atom is -0.352 e. The zero-order chi connectivity index (χ0) is 15.3. The fourth-order valence-corrected chi connectivity index (χ4v) is 2.29. The molecule has 112 valence electrons. The van der Waals surface area contributed by atoms with E-state index in [1.807, 2.05) is 13.8 Å². The molecule has 0 saturated carbocycles. The third-order valence-corrected chi connectivity index (χ3v) is 4.13. The Balaban J connectivity index is 2.85. The van der Waals surface area contributed by atoms with Crippen molar-refractivity contribution in [2.45, 2.75) is 31.6 Å². The number of nitrogens with two attached hydrogens (primary N) is 1. The minimum atomic E-state index is -3.97. The van der Waals surface area contributed by atoms with Gasteiger partial charge in [0.1, 0.15) is 5.82 Å². The predicted molar refractivity (Wildman–Crippen MR) is 74.2 cm³/mol. The Morgan fingerprint density at radius 2 is 1.95 bits per heavy atom. The van der Waals surface area contributed by atoms with Gasteiger partial charge in [0.15, 0.2) is 0 Å². The van der Waals surface area contributed by atoms with Gasteiger partial charge in [0.05, 0.1) is 10.5 Å². The second kappa shape index (κ2) is 6.81. The third kappa shape index (κ3) is 4.28. The molecule has 0 aliphatic rings. The fraction of sp³-hybridized carbons (Fsp3) is 0.462. The normalized spacial score (nSPS) is 11.7. The number of benzene rings is 1. The zero-order valence-corrected chi connectivity index (χ0v) is 12.3. The van der Waals surface area contributed by atoms with Gasteiger partial charge in [-0.05, 0) is 24.1 Å². The molecule has 3 N–H and O–H groups in total. The van der Waals surface area contributed by atoms with E-state index in [0.717, 1.165) is 31.0 Å². The molecule has 0 aliphatic carbocycles. The van der Waals surface area contributed by atoms with Gasteiger partial charge in [0.2, 0.25) is 10.0 Å². The monoisotopic (exact) mass is 302 g/mol. The highest BCUT2D eigenvalue weighted by atomic mass is 32.2. The largest absolute Gasteiger partial charge is 0.352 e. The molecule has 0 aromatic heterocycles. The van der Waals surface area contributed by atoms with E-state index in [-0.39, 0.29) is 10.5 Å². The van der Waals surface area contributed by atoms with Crippen molar-refractivity contribution in [1.29, 1.82) is 0 Å². The summed E-state index contributed by atoms with van der Waals surface area (Å²) in [6.07, 6.45) is 1.84. The fourth-order valence-electron chi connectivity index (χ4n) is 1.77. The van der Waals surface area contributed by atoms with E-state index in [1.54, 1.807) is 0 Å². The van der Waals surface area contributed by atoms with Crippen LogP contribution in [-0.2, 0) is 10.0 Å². The summed E-state index contributed by atoms with van der Waals surface area (Å²) in [6, 6.07) is 2.99. The van der Waals surface area contributed by atoms with E-state index in [1.165, 1.54) is 0 Å². The highest BCUT2D eigenvalue weighted by Gasteiger charge is 2.16. The number of carbonyl (C=O) groups excluding carboxylic acids is 1. The van der Waals surface area contributed by atoms with Gasteiger partial charge in [-0.2, -0.15) is 0 Å². The number of carbonyl (C=O) groups is 1. The quantitative estimate of drug-likeness (QED) is 0.837. The van der Waals surface area contributed by atoms with Crippen LogP contribution in [0.15, 0.2) is 23.1 Å². The Morgan fingerprint density at radius 3 is 2.40 bits per heavy atom. The van der Waals surface area contributed by atoms with E-state index in [0.29, 0.717) is 12.5 Å². The molecular formula is C13H19FN2O3S. The summed E-state index contributed by atoms with van der Waals surface area (Å²) in [5.41, 5.74) is -0.191. The molecule has 0 radical (unpaired) electrons. The zero-order valence-electron chi connectivity index (χ0n) is 11.5. The predicted octanol–water partition coefficient (Wildman–Crippen LogP) is 1.64. The summed E-state index contributed by atoms with van der Waals surface area (Å²) in [5.74, 6) is -1.13. The van der Waals surface area contributed by atoms with Crippen LogP contribution in [0.5, 0.6) is 0 Å². The first-order valence-electron chi connectivity index (χ1n) is 6.40. The minimum absolute atomic E-state index is 0.191. The Morgan fingerprint density at radius 1 is 1.35 bits per heavy atom. The molecule has 20 heavy (non-hydrogen) atoms. The van der Waals surface area contributed by atoms with Crippen LogP contribution in [0, 0.1) is 11.7 Å². The van der Waals surface area contributed by atoms with Crippen LogP contribution in [-0.4, -0.2) is 20.9 Å². The lowest BCUT2D eigenvalue weighted by atomic mass is 10.0. The summed E-state index contributed by atoms with van der Waals surface area (Å²) < 4.78 is 35.9. The number of primary sulfonamides is 1. The van der Waals surface area contributed by atoms with Crippen LogP contribution < -0.4 is 10.5 Å². The number of hydrogen-bond donors (Lipinski definition) is 2. The van der Waals surface area contributed by atoms with Crippen molar-refractivity contribution in [3.8, 4) is 0 Å². The first kappa shape index (κ1) is 16.6. The molecule has 0 aliphatic heterocycles. The van der Waals surface area contributed by atoms with Gasteiger partial charge in [-0.15, -0.1) is 0 Å². The van der Waals surface area contributed by atoms with Crippen LogP contribution in [0.4, 0.5) is 4.39 Å². The number of amides is 1. The maximum atomic E-state index is 13.7. The average Bonchev–Trinajstić information content (AvgIpc) is 2.38. The highest BCUT2D eigenvalue weighted by Crippen LogP contribution is 2.14. The van der Waals surface area contributed by atoms with E-state index < -0.39 is 21.7 Å². The van der Waals surface area contributed by atoms with Gasteiger partial charge >= 0.3 is 0 Å². The van der Waals surface area contributed by atoms with Gasteiger partial charge in [-0.3, -0.25) is 4.79 Å². The van der Waals surface area contributed by atoms with Gasteiger partial charge in [0, 0.05) is 6.54 Å². The van der Waals surface area contributed by atoms with Crippen molar-refractivity contribution in [3.05, 3.63) is 29.6 Å². The molecular weight excluding hydrogens is 283 g/mol. The molecule has 0 unspecified atom stereocenters. The van der Waals surface area contributed by atoms with E-state index in [9.17, 15) is 17.6 Å².